The van der Waals surface area contributed by atoms with Gasteiger partial charge in [0.1, 0.15) is 11.0 Å². The molecule has 17 heavy (non-hydrogen) atoms. The summed E-state index contributed by atoms with van der Waals surface area (Å²) < 4.78 is 22.3. The quantitative estimate of drug-likeness (QED) is 0.461. The van der Waals surface area contributed by atoms with Gasteiger partial charge in [0.05, 0.1) is 4.92 Å². The highest BCUT2D eigenvalue weighted by atomic mass is 32.2. The van der Waals surface area contributed by atoms with Crippen LogP contribution >= 0.6 is 0 Å². The zero-order valence-electron chi connectivity index (χ0n) is 8.82. The van der Waals surface area contributed by atoms with Crippen molar-refractivity contribution in [3.63, 3.8) is 0 Å². The van der Waals surface area contributed by atoms with E-state index in [9.17, 15) is 18.5 Å². The predicted octanol–water partition coefficient (Wildman–Crippen LogP) is 1.50. The van der Waals surface area contributed by atoms with E-state index in [0.717, 1.165) is 12.3 Å². The molecule has 0 bridgehead atoms. The maximum atomic E-state index is 11.2. The van der Waals surface area contributed by atoms with E-state index in [2.05, 4.69) is 0 Å². The Kier molecular flexibility index (Phi) is 3.60. The second-order valence-corrected chi connectivity index (χ2v) is 5.23. The van der Waals surface area contributed by atoms with E-state index in [0.29, 0.717) is 5.56 Å². The minimum Gasteiger partial charge on any atom is -0.258 e. The van der Waals surface area contributed by atoms with Gasteiger partial charge in [-0.1, -0.05) is 12.1 Å². The molecule has 0 saturated heterocycles. The number of hydrogen-bond donors (Lipinski definition) is 0. The normalized spacial score (nSPS) is 11.9. The van der Waals surface area contributed by atoms with Crippen LogP contribution in [0.1, 0.15) is 5.56 Å². The minimum atomic E-state index is -3.62. The van der Waals surface area contributed by atoms with Crippen LogP contribution in [0.25, 0.3) is 6.08 Å². The molecule has 0 unspecified atom stereocenters. The largest absolute Gasteiger partial charge is 0.270 e. The Morgan fingerprint density at radius 2 is 2.18 bits per heavy atom. The third kappa shape index (κ3) is 3.39. The first kappa shape index (κ1) is 12.9. The van der Waals surface area contributed by atoms with Crippen LogP contribution in [0.15, 0.2) is 29.2 Å². The van der Waals surface area contributed by atoms with E-state index in [-0.39, 0.29) is 5.69 Å². The molecule has 0 amide bonds. The summed E-state index contributed by atoms with van der Waals surface area (Å²) in [5.74, 6) is 0. The molecule has 0 atom stereocenters. The number of rotatable bonds is 3. The van der Waals surface area contributed by atoms with Crippen molar-refractivity contribution in [3.8, 4) is 6.07 Å². The van der Waals surface area contributed by atoms with Crippen LogP contribution in [0.4, 0.5) is 5.69 Å². The lowest BCUT2D eigenvalue weighted by atomic mass is 10.2. The average Bonchev–Trinajstić information content (AvgIpc) is 2.24. The van der Waals surface area contributed by atoms with Crippen molar-refractivity contribution in [2.45, 2.75) is 0 Å². The number of nitriles is 1. The van der Waals surface area contributed by atoms with E-state index in [4.69, 9.17) is 5.26 Å². The van der Waals surface area contributed by atoms with Gasteiger partial charge in [-0.3, -0.25) is 10.1 Å². The van der Waals surface area contributed by atoms with Crippen molar-refractivity contribution in [3.05, 3.63) is 44.8 Å². The molecule has 0 N–H and O–H groups in total. The lowest BCUT2D eigenvalue weighted by Crippen LogP contribution is -1.98. The summed E-state index contributed by atoms with van der Waals surface area (Å²) in [5.41, 5.74) is 0.130. The van der Waals surface area contributed by atoms with Gasteiger partial charge in [-0.2, -0.15) is 5.26 Å². The molecule has 0 spiro atoms. The molecule has 6 nitrogen and oxygen atoms in total. The third-order valence-corrected chi connectivity index (χ3v) is 2.90. The van der Waals surface area contributed by atoms with Crippen molar-refractivity contribution in [1.29, 1.82) is 5.26 Å². The van der Waals surface area contributed by atoms with Crippen LogP contribution in [-0.4, -0.2) is 19.6 Å². The van der Waals surface area contributed by atoms with Gasteiger partial charge in [-0.15, -0.1) is 0 Å². The lowest BCUT2D eigenvalue weighted by Gasteiger charge is -1.96. The van der Waals surface area contributed by atoms with E-state index >= 15 is 0 Å². The molecule has 88 valence electrons. The molecule has 7 heteroatoms. The smallest absolute Gasteiger partial charge is 0.258 e. The number of nitrogens with zero attached hydrogens (tertiary/aromatic N) is 2. The summed E-state index contributed by atoms with van der Waals surface area (Å²) in [6.45, 7) is 0. The molecule has 0 aromatic heterocycles. The number of sulfone groups is 1. The molecule has 1 rings (SSSR count). The van der Waals surface area contributed by atoms with Crippen molar-refractivity contribution >= 4 is 21.6 Å². The molecular weight excluding hydrogens is 244 g/mol. The van der Waals surface area contributed by atoms with Crippen molar-refractivity contribution in [2.75, 3.05) is 6.26 Å². The van der Waals surface area contributed by atoms with Crippen LogP contribution < -0.4 is 0 Å². The van der Waals surface area contributed by atoms with Gasteiger partial charge < -0.3 is 0 Å². The van der Waals surface area contributed by atoms with Gasteiger partial charge in [-0.05, 0) is 11.6 Å². The Hall–Kier alpha value is -2.20. The summed E-state index contributed by atoms with van der Waals surface area (Å²) in [7, 11) is -3.62. The SMILES string of the molecule is CS(=O)(=O)/C(C#N)=C/c1cccc([N+](=O)[O-])c1. The fourth-order valence-electron chi connectivity index (χ4n) is 1.10. The molecule has 0 saturated carbocycles. The molecule has 0 radical (unpaired) electrons. The van der Waals surface area contributed by atoms with Gasteiger partial charge in [0.15, 0.2) is 9.84 Å². The summed E-state index contributed by atoms with van der Waals surface area (Å²) in [6, 6.07) is 6.92. The molecule has 0 aliphatic rings. The molecule has 0 aliphatic heterocycles. The van der Waals surface area contributed by atoms with Crippen molar-refractivity contribution < 1.29 is 13.3 Å². The second kappa shape index (κ2) is 4.76. The molecule has 0 fully saturated rings. The highest BCUT2D eigenvalue weighted by Gasteiger charge is 2.11. The minimum absolute atomic E-state index is 0.162. The predicted molar refractivity (Wildman–Crippen MR) is 61.5 cm³/mol. The van der Waals surface area contributed by atoms with Crippen LogP contribution in [0.5, 0.6) is 0 Å². The van der Waals surface area contributed by atoms with Gasteiger partial charge >= 0.3 is 0 Å². The Bertz CT molecular complexity index is 626. The zero-order chi connectivity index (χ0) is 13.1. The van der Waals surface area contributed by atoms with E-state index in [1.807, 2.05) is 0 Å². The molecule has 0 aliphatic carbocycles. The Morgan fingerprint density at radius 3 is 2.65 bits per heavy atom. The lowest BCUT2D eigenvalue weighted by molar-refractivity contribution is -0.384. The number of benzene rings is 1. The third-order valence-electron chi connectivity index (χ3n) is 1.89. The van der Waals surface area contributed by atoms with E-state index < -0.39 is 19.7 Å². The van der Waals surface area contributed by atoms with Crippen LogP contribution in [0, 0.1) is 21.4 Å². The van der Waals surface area contributed by atoms with E-state index in [1.54, 1.807) is 6.07 Å². The first-order valence-electron chi connectivity index (χ1n) is 4.41. The topological polar surface area (TPSA) is 101 Å². The van der Waals surface area contributed by atoms with Gasteiger partial charge in [-0.25, -0.2) is 8.42 Å². The molecule has 0 heterocycles. The highest BCUT2D eigenvalue weighted by molar-refractivity contribution is 7.95. The standard InChI is InChI=1S/C10H8N2O4S/c1-17(15,16)10(7-11)6-8-3-2-4-9(5-8)12(13)14/h2-6H,1H3/b10-6+. The van der Waals surface area contributed by atoms with Crippen molar-refractivity contribution in [2.24, 2.45) is 0 Å². The van der Waals surface area contributed by atoms with Gasteiger partial charge in [0.2, 0.25) is 0 Å². The number of allylic oxidation sites excluding steroid dienone is 1. The Morgan fingerprint density at radius 1 is 1.53 bits per heavy atom. The average molecular weight is 252 g/mol. The summed E-state index contributed by atoms with van der Waals surface area (Å²) in [5, 5.41) is 19.2. The Balaban J connectivity index is 3.28. The second-order valence-electron chi connectivity index (χ2n) is 3.24. The zero-order valence-corrected chi connectivity index (χ0v) is 9.64. The van der Waals surface area contributed by atoms with Gasteiger partial charge in [0.25, 0.3) is 5.69 Å². The summed E-state index contributed by atoms with van der Waals surface area (Å²) >= 11 is 0. The van der Waals surface area contributed by atoms with E-state index in [1.165, 1.54) is 24.3 Å². The highest BCUT2D eigenvalue weighted by Crippen LogP contribution is 2.17. The molecular formula is C10H8N2O4S. The number of hydrogen-bond acceptors (Lipinski definition) is 5. The van der Waals surface area contributed by atoms with Crippen LogP contribution in [0.3, 0.4) is 0 Å². The van der Waals surface area contributed by atoms with Crippen LogP contribution in [-0.2, 0) is 9.84 Å². The first-order valence-corrected chi connectivity index (χ1v) is 6.30. The monoisotopic (exact) mass is 252 g/mol. The van der Waals surface area contributed by atoms with Crippen LogP contribution in [0.2, 0.25) is 0 Å². The molecule has 1 aromatic carbocycles. The summed E-state index contributed by atoms with van der Waals surface area (Å²) in [6.07, 6.45) is 2.00. The maximum absolute atomic E-state index is 11.2. The van der Waals surface area contributed by atoms with Crippen molar-refractivity contribution in [1.82, 2.24) is 0 Å². The maximum Gasteiger partial charge on any atom is 0.270 e. The van der Waals surface area contributed by atoms with Gasteiger partial charge in [0, 0.05) is 18.4 Å². The molecule has 1 aromatic rings. The number of nitro groups is 1. The Labute approximate surface area is 97.9 Å². The fourth-order valence-corrected chi connectivity index (χ4v) is 1.62. The fraction of sp³-hybridized carbons (Fsp3) is 0.100. The number of nitro benzene ring substituents is 1. The first-order chi connectivity index (χ1) is 7.84. The number of non-ortho nitro benzene ring substituents is 1. The summed E-state index contributed by atoms with van der Waals surface area (Å²) in [4.78, 5) is 9.48.